The lowest BCUT2D eigenvalue weighted by molar-refractivity contribution is 0.0975. The van der Waals surface area contributed by atoms with Gasteiger partial charge in [-0.05, 0) is 54.7 Å². The Hall–Kier alpha value is -2.87. The molecule has 6 nitrogen and oxygen atoms in total. The molecule has 0 unspecified atom stereocenters. The fourth-order valence-electron chi connectivity index (χ4n) is 2.56. The van der Waals surface area contributed by atoms with E-state index < -0.39 is 5.91 Å². The van der Waals surface area contributed by atoms with Crippen molar-refractivity contribution in [2.24, 2.45) is 0 Å². The third kappa shape index (κ3) is 4.69. The second kappa shape index (κ2) is 8.88. The van der Waals surface area contributed by atoms with Gasteiger partial charge in [0.05, 0.1) is 12.7 Å². The highest BCUT2D eigenvalue weighted by Crippen LogP contribution is 2.25. The molecular weight excluding hydrogens is 400 g/mol. The zero-order valence-corrected chi connectivity index (χ0v) is 16.4. The second-order valence-electron chi connectivity index (χ2n) is 5.76. The molecule has 144 valence electrons. The number of carbonyl (C=O) groups is 1. The Bertz CT molecular complexity index is 1020. The van der Waals surface area contributed by atoms with Crippen LogP contribution < -0.4 is 15.4 Å². The van der Waals surface area contributed by atoms with E-state index in [0.717, 1.165) is 5.56 Å². The summed E-state index contributed by atoms with van der Waals surface area (Å²) in [5.41, 5.74) is 1.75. The van der Waals surface area contributed by atoms with Crippen LogP contribution in [0.15, 0.2) is 59.0 Å². The standard InChI is InChI=1S/C20H17ClN2O4S/c1-26-18-7-5-13(21)10-16(18)19(25)23-20(28)22-14-4-2-3-12(9-14)17-8-6-15(11-24)27-17/h2-10,24H,11H2,1H3,(H2,22,23,25,28). The number of ether oxygens (including phenoxy) is 1. The average molecular weight is 417 g/mol. The van der Waals surface area contributed by atoms with Crippen LogP contribution in [0.4, 0.5) is 5.69 Å². The van der Waals surface area contributed by atoms with E-state index in [-0.39, 0.29) is 17.3 Å². The summed E-state index contributed by atoms with van der Waals surface area (Å²) in [6.45, 7) is -0.166. The first-order valence-electron chi connectivity index (χ1n) is 8.26. The number of thiocarbonyl (C=S) groups is 1. The first-order valence-corrected chi connectivity index (χ1v) is 9.04. The summed E-state index contributed by atoms with van der Waals surface area (Å²) in [5.74, 6) is 1.05. The number of aliphatic hydroxyl groups is 1. The van der Waals surface area contributed by atoms with Crippen molar-refractivity contribution in [3.8, 4) is 17.1 Å². The van der Waals surface area contributed by atoms with Crippen LogP contribution in [0.5, 0.6) is 5.75 Å². The summed E-state index contributed by atoms with van der Waals surface area (Å²) in [5, 5.41) is 15.2. The molecular formula is C20H17ClN2O4S. The molecule has 0 atom stereocenters. The summed E-state index contributed by atoms with van der Waals surface area (Å²) < 4.78 is 10.7. The van der Waals surface area contributed by atoms with E-state index in [2.05, 4.69) is 10.6 Å². The minimum atomic E-state index is -0.438. The molecule has 1 heterocycles. The van der Waals surface area contributed by atoms with E-state index in [0.29, 0.717) is 28.0 Å². The predicted molar refractivity (Wildman–Crippen MR) is 112 cm³/mol. The number of anilines is 1. The molecule has 3 N–H and O–H groups in total. The quantitative estimate of drug-likeness (QED) is 0.540. The third-order valence-corrected chi connectivity index (χ3v) is 4.29. The maximum atomic E-state index is 12.5. The number of aliphatic hydroxyl groups excluding tert-OH is 1. The summed E-state index contributed by atoms with van der Waals surface area (Å²) in [6.07, 6.45) is 0. The van der Waals surface area contributed by atoms with E-state index in [9.17, 15) is 4.79 Å². The molecule has 1 aromatic heterocycles. The van der Waals surface area contributed by atoms with Gasteiger partial charge in [0.15, 0.2) is 5.11 Å². The van der Waals surface area contributed by atoms with Gasteiger partial charge in [-0.2, -0.15) is 0 Å². The van der Waals surface area contributed by atoms with Gasteiger partial charge >= 0.3 is 0 Å². The number of benzene rings is 2. The van der Waals surface area contributed by atoms with Crippen molar-refractivity contribution in [1.29, 1.82) is 0 Å². The molecule has 2 aromatic carbocycles. The molecule has 28 heavy (non-hydrogen) atoms. The van der Waals surface area contributed by atoms with E-state index >= 15 is 0 Å². The first kappa shape index (κ1) is 19.9. The van der Waals surface area contributed by atoms with Crippen LogP contribution >= 0.6 is 23.8 Å². The molecule has 0 fully saturated rings. The highest BCUT2D eigenvalue weighted by atomic mass is 35.5. The Morgan fingerprint density at radius 2 is 2.04 bits per heavy atom. The number of hydrogen-bond donors (Lipinski definition) is 3. The number of hydrogen-bond acceptors (Lipinski definition) is 5. The van der Waals surface area contributed by atoms with Crippen molar-refractivity contribution >= 4 is 40.5 Å². The molecule has 3 rings (SSSR count). The zero-order chi connectivity index (χ0) is 20.1. The monoisotopic (exact) mass is 416 g/mol. The number of methoxy groups -OCH3 is 1. The van der Waals surface area contributed by atoms with Gasteiger partial charge in [-0.25, -0.2) is 0 Å². The largest absolute Gasteiger partial charge is 0.496 e. The molecule has 0 aliphatic rings. The summed E-state index contributed by atoms with van der Waals surface area (Å²) in [6, 6.07) is 15.5. The van der Waals surface area contributed by atoms with Gasteiger partial charge in [-0.15, -0.1) is 0 Å². The maximum Gasteiger partial charge on any atom is 0.261 e. The normalized spacial score (nSPS) is 10.4. The van der Waals surface area contributed by atoms with Crippen LogP contribution in [0.1, 0.15) is 16.1 Å². The number of furan rings is 1. The van der Waals surface area contributed by atoms with E-state index in [1.54, 1.807) is 30.3 Å². The van der Waals surface area contributed by atoms with Crippen LogP contribution in [0.25, 0.3) is 11.3 Å². The lowest BCUT2D eigenvalue weighted by atomic mass is 10.1. The molecule has 1 amide bonds. The Balaban J connectivity index is 1.71. The molecule has 0 saturated heterocycles. The third-order valence-electron chi connectivity index (χ3n) is 3.86. The van der Waals surface area contributed by atoms with E-state index in [1.165, 1.54) is 13.2 Å². The first-order chi connectivity index (χ1) is 13.5. The molecule has 3 aromatic rings. The lowest BCUT2D eigenvalue weighted by Gasteiger charge is -2.12. The lowest BCUT2D eigenvalue weighted by Crippen LogP contribution is -2.34. The number of carbonyl (C=O) groups excluding carboxylic acids is 1. The van der Waals surface area contributed by atoms with Gasteiger partial charge in [-0.1, -0.05) is 23.7 Å². The molecule has 0 spiro atoms. The number of rotatable bonds is 5. The fourth-order valence-corrected chi connectivity index (χ4v) is 2.94. The predicted octanol–water partition coefficient (Wildman–Crippen LogP) is 4.23. The van der Waals surface area contributed by atoms with Crippen molar-refractivity contribution in [3.05, 3.63) is 70.9 Å². The maximum absolute atomic E-state index is 12.5. The topological polar surface area (TPSA) is 83.7 Å². The van der Waals surface area contributed by atoms with Gasteiger partial charge in [0.1, 0.15) is 23.9 Å². The van der Waals surface area contributed by atoms with Crippen molar-refractivity contribution in [2.75, 3.05) is 12.4 Å². The fraction of sp³-hybridized carbons (Fsp3) is 0.100. The number of amides is 1. The van der Waals surface area contributed by atoms with Gasteiger partial charge in [0.2, 0.25) is 0 Å². The van der Waals surface area contributed by atoms with Gasteiger partial charge in [0.25, 0.3) is 5.91 Å². The molecule has 0 bridgehead atoms. The smallest absolute Gasteiger partial charge is 0.261 e. The summed E-state index contributed by atoms with van der Waals surface area (Å²) >= 11 is 11.2. The zero-order valence-electron chi connectivity index (χ0n) is 14.9. The van der Waals surface area contributed by atoms with Crippen LogP contribution in [-0.4, -0.2) is 23.2 Å². The summed E-state index contributed by atoms with van der Waals surface area (Å²) in [4.78, 5) is 12.5. The minimum Gasteiger partial charge on any atom is -0.496 e. The minimum absolute atomic E-state index is 0.125. The second-order valence-corrected chi connectivity index (χ2v) is 6.60. The van der Waals surface area contributed by atoms with E-state index in [4.69, 9.17) is 38.1 Å². The molecule has 8 heteroatoms. The van der Waals surface area contributed by atoms with Crippen molar-refractivity contribution in [1.82, 2.24) is 5.32 Å². The molecule has 0 aliphatic carbocycles. The Kier molecular flexibility index (Phi) is 6.30. The molecule has 0 saturated carbocycles. The average Bonchev–Trinajstić information content (AvgIpc) is 3.17. The van der Waals surface area contributed by atoms with Gasteiger partial charge in [-0.3, -0.25) is 10.1 Å². The van der Waals surface area contributed by atoms with Crippen LogP contribution in [-0.2, 0) is 6.61 Å². The molecule has 0 radical (unpaired) electrons. The number of nitrogens with one attached hydrogen (secondary N) is 2. The Morgan fingerprint density at radius 1 is 1.21 bits per heavy atom. The van der Waals surface area contributed by atoms with E-state index in [1.807, 2.05) is 18.2 Å². The Morgan fingerprint density at radius 3 is 2.75 bits per heavy atom. The van der Waals surface area contributed by atoms with Crippen molar-refractivity contribution in [3.63, 3.8) is 0 Å². The van der Waals surface area contributed by atoms with Crippen LogP contribution in [0.2, 0.25) is 5.02 Å². The number of halogens is 1. The van der Waals surface area contributed by atoms with Gasteiger partial charge in [0, 0.05) is 16.3 Å². The van der Waals surface area contributed by atoms with Crippen LogP contribution in [0, 0.1) is 0 Å². The molecule has 0 aliphatic heterocycles. The van der Waals surface area contributed by atoms with Gasteiger partial charge < -0.3 is 19.6 Å². The van der Waals surface area contributed by atoms with Crippen LogP contribution in [0.3, 0.4) is 0 Å². The van der Waals surface area contributed by atoms with Crippen molar-refractivity contribution in [2.45, 2.75) is 6.61 Å². The highest BCUT2D eigenvalue weighted by Gasteiger charge is 2.14. The highest BCUT2D eigenvalue weighted by molar-refractivity contribution is 7.80. The Labute approximate surface area is 172 Å². The SMILES string of the molecule is COc1ccc(Cl)cc1C(=O)NC(=S)Nc1cccc(-c2ccc(CO)o2)c1. The summed E-state index contributed by atoms with van der Waals surface area (Å²) in [7, 11) is 1.47. The van der Waals surface area contributed by atoms with Crippen molar-refractivity contribution < 1.29 is 19.1 Å².